The third-order valence-corrected chi connectivity index (χ3v) is 4.86. The fourth-order valence-corrected chi connectivity index (χ4v) is 4.27. The van der Waals surface area contributed by atoms with Crippen molar-refractivity contribution in [1.82, 2.24) is 0 Å². The van der Waals surface area contributed by atoms with Crippen molar-refractivity contribution in [2.24, 2.45) is 35.5 Å². The fourth-order valence-electron chi connectivity index (χ4n) is 4.27. The SMILES string of the molecule is N#C[C@@H]1[C@H](C#N)[C@H]2C3CCC(CC3)[C@@H]12. The maximum absolute atomic E-state index is 9.05. The van der Waals surface area contributed by atoms with Gasteiger partial charge in [0.05, 0.1) is 24.0 Å². The molecule has 4 saturated carbocycles. The van der Waals surface area contributed by atoms with E-state index in [1.165, 1.54) is 25.7 Å². The highest BCUT2D eigenvalue weighted by Crippen LogP contribution is 2.62. The van der Waals surface area contributed by atoms with Gasteiger partial charge in [-0.15, -0.1) is 0 Å². The van der Waals surface area contributed by atoms with Gasteiger partial charge < -0.3 is 0 Å². The first-order chi connectivity index (χ1) is 6.86. The van der Waals surface area contributed by atoms with E-state index in [1.54, 1.807) is 0 Å². The van der Waals surface area contributed by atoms with Gasteiger partial charge in [-0.05, 0) is 49.4 Å². The predicted molar refractivity (Wildman–Crippen MR) is 50.6 cm³/mol. The molecular formula is C12H14N2. The molecule has 14 heavy (non-hydrogen) atoms. The minimum atomic E-state index is 0.0677. The Morgan fingerprint density at radius 3 is 1.36 bits per heavy atom. The van der Waals surface area contributed by atoms with Crippen LogP contribution in [0, 0.1) is 58.2 Å². The first-order valence-electron chi connectivity index (χ1n) is 5.66. The van der Waals surface area contributed by atoms with E-state index in [0.717, 1.165) is 11.8 Å². The highest BCUT2D eigenvalue weighted by molar-refractivity contribution is 5.19. The van der Waals surface area contributed by atoms with Crippen LogP contribution < -0.4 is 0 Å². The summed E-state index contributed by atoms with van der Waals surface area (Å²) in [6, 6.07) is 4.73. The average molecular weight is 186 g/mol. The third-order valence-electron chi connectivity index (χ3n) is 4.86. The van der Waals surface area contributed by atoms with Crippen LogP contribution in [0.5, 0.6) is 0 Å². The second-order valence-electron chi connectivity index (χ2n) is 5.14. The van der Waals surface area contributed by atoms with E-state index >= 15 is 0 Å². The molecule has 4 rings (SSSR count). The van der Waals surface area contributed by atoms with Crippen molar-refractivity contribution in [2.75, 3.05) is 0 Å². The monoisotopic (exact) mass is 186 g/mol. The van der Waals surface area contributed by atoms with E-state index < -0.39 is 0 Å². The summed E-state index contributed by atoms with van der Waals surface area (Å²) >= 11 is 0. The Labute approximate surface area is 84.5 Å². The van der Waals surface area contributed by atoms with Crippen molar-refractivity contribution in [3.8, 4) is 12.1 Å². The second-order valence-corrected chi connectivity index (χ2v) is 5.14. The zero-order valence-electron chi connectivity index (χ0n) is 8.19. The Hall–Kier alpha value is -1.02. The second kappa shape index (κ2) is 2.74. The Bertz CT molecular complexity index is 293. The van der Waals surface area contributed by atoms with Crippen LogP contribution in [0.2, 0.25) is 0 Å². The van der Waals surface area contributed by atoms with Gasteiger partial charge in [0.1, 0.15) is 0 Å². The minimum Gasteiger partial charge on any atom is -0.198 e. The maximum atomic E-state index is 9.05. The van der Waals surface area contributed by atoms with Crippen LogP contribution >= 0.6 is 0 Å². The summed E-state index contributed by atoms with van der Waals surface area (Å²) in [5.74, 6) is 2.88. The lowest BCUT2D eigenvalue weighted by atomic mass is 9.42. The van der Waals surface area contributed by atoms with Gasteiger partial charge in [-0.3, -0.25) is 0 Å². The van der Waals surface area contributed by atoms with E-state index in [0.29, 0.717) is 11.8 Å². The Morgan fingerprint density at radius 1 is 0.714 bits per heavy atom. The summed E-state index contributed by atoms with van der Waals surface area (Å²) in [6.07, 6.45) is 5.29. The van der Waals surface area contributed by atoms with Crippen LogP contribution in [0.3, 0.4) is 0 Å². The molecule has 0 unspecified atom stereocenters. The van der Waals surface area contributed by atoms with E-state index in [4.69, 9.17) is 10.5 Å². The Kier molecular flexibility index (Phi) is 1.62. The molecule has 0 aliphatic heterocycles. The Balaban J connectivity index is 1.91. The predicted octanol–water partition coefficient (Wildman–Crippen LogP) is 2.33. The molecule has 4 aliphatic rings. The van der Waals surface area contributed by atoms with Gasteiger partial charge in [0.25, 0.3) is 0 Å². The summed E-state index contributed by atoms with van der Waals surface area (Å²) < 4.78 is 0. The van der Waals surface area contributed by atoms with Gasteiger partial charge in [0, 0.05) is 0 Å². The van der Waals surface area contributed by atoms with Gasteiger partial charge >= 0.3 is 0 Å². The molecule has 72 valence electrons. The molecule has 2 heteroatoms. The third kappa shape index (κ3) is 0.800. The zero-order chi connectivity index (χ0) is 9.71. The highest BCUT2D eigenvalue weighted by Gasteiger charge is 2.60. The molecule has 0 N–H and O–H groups in total. The minimum absolute atomic E-state index is 0.0677. The molecule has 0 saturated heterocycles. The maximum Gasteiger partial charge on any atom is 0.0672 e. The summed E-state index contributed by atoms with van der Waals surface area (Å²) in [5.41, 5.74) is 0. The smallest absolute Gasteiger partial charge is 0.0672 e. The molecule has 2 bridgehead atoms. The van der Waals surface area contributed by atoms with Gasteiger partial charge in [-0.1, -0.05) is 0 Å². The molecule has 0 aromatic heterocycles. The van der Waals surface area contributed by atoms with Crippen LogP contribution in [0.1, 0.15) is 25.7 Å². The molecular weight excluding hydrogens is 172 g/mol. The van der Waals surface area contributed by atoms with Crippen molar-refractivity contribution >= 4 is 0 Å². The molecule has 0 spiro atoms. The molecule has 0 radical (unpaired) electrons. The Morgan fingerprint density at radius 2 is 1.07 bits per heavy atom. The molecule has 4 fully saturated rings. The fraction of sp³-hybridized carbons (Fsp3) is 0.833. The van der Waals surface area contributed by atoms with E-state index in [-0.39, 0.29) is 11.8 Å². The van der Waals surface area contributed by atoms with Gasteiger partial charge in [-0.2, -0.15) is 10.5 Å². The number of nitriles is 2. The average Bonchev–Trinajstić information content (AvgIpc) is 2.20. The number of nitrogens with zero attached hydrogens (tertiary/aromatic N) is 2. The van der Waals surface area contributed by atoms with Gasteiger partial charge in [-0.25, -0.2) is 0 Å². The van der Waals surface area contributed by atoms with E-state index in [2.05, 4.69) is 12.1 Å². The molecule has 4 aliphatic carbocycles. The van der Waals surface area contributed by atoms with Crippen molar-refractivity contribution in [2.45, 2.75) is 25.7 Å². The van der Waals surface area contributed by atoms with Crippen molar-refractivity contribution < 1.29 is 0 Å². The van der Waals surface area contributed by atoms with Crippen LogP contribution in [-0.2, 0) is 0 Å². The summed E-state index contributed by atoms with van der Waals surface area (Å²) in [7, 11) is 0. The summed E-state index contributed by atoms with van der Waals surface area (Å²) in [4.78, 5) is 0. The van der Waals surface area contributed by atoms with Crippen LogP contribution in [-0.4, -0.2) is 0 Å². The highest BCUT2D eigenvalue weighted by atomic mass is 14.6. The number of hydrogen-bond donors (Lipinski definition) is 0. The number of hydrogen-bond acceptors (Lipinski definition) is 2. The number of rotatable bonds is 0. The van der Waals surface area contributed by atoms with Crippen LogP contribution in [0.25, 0.3) is 0 Å². The lowest BCUT2D eigenvalue weighted by Crippen LogP contribution is -2.57. The quantitative estimate of drug-likeness (QED) is 0.583. The number of fused-ring (bicyclic) bond motifs is 2. The summed E-state index contributed by atoms with van der Waals surface area (Å²) in [6.45, 7) is 0. The first-order valence-corrected chi connectivity index (χ1v) is 5.66. The lowest BCUT2D eigenvalue weighted by molar-refractivity contribution is -0.110. The largest absolute Gasteiger partial charge is 0.198 e. The topological polar surface area (TPSA) is 47.6 Å². The zero-order valence-corrected chi connectivity index (χ0v) is 8.19. The molecule has 2 nitrogen and oxygen atoms in total. The normalized spacial score (nSPS) is 53.9. The standard InChI is InChI=1S/C12H14N2/c13-5-9-10(6-14)12-8-2-1-7(3-4-8)11(9)12/h7-12H,1-4H2/t7?,8?,9-,10+,11+,12-. The van der Waals surface area contributed by atoms with E-state index in [1.807, 2.05) is 0 Å². The summed E-state index contributed by atoms with van der Waals surface area (Å²) in [5, 5.41) is 18.1. The van der Waals surface area contributed by atoms with Crippen LogP contribution in [0.4, 0.5) is 0 Å². The van der Waals surface area contributed by atoms with Crippen molar-refractivity contribution in [3.63, 3.8) is 0 Å². The van der Waals surface area contributed by atoms with Crippen molar-refractivity contribution in [1.29, 1.82) is 10.5 Å². The molecule has 0 amide bonds. The molecule has 0 aromatic rings. The van der Waals surface area contributed by atoms with Crippen LogP contribution in [0.15, 0.2) is 0 Å². The van der Waals surface area contributed by atoms with Gasteiger partial charge in [0.15, 0.2) is 0 Å². The molecule has 0 aromatic carbocycles. The van der Waals surface area contributed by atoms with E-state index in [9.17, 15) is 0 Å². The molecule has 4 atom stereocenters. The molecule has 0 heterocycles. The first kappa shape index (κ1) is 8.30. The van der Waals surface area contributed by atoms with Crippen molar-refractivity contribution in [3.05, 3.63) is 0 Å². The lowest BCUT2D eigenvalue weighted by Gasteiger charge is -2.59. The van der Waals surface area contributed by atoms with Gasteiger partial charge in [0.2, 0.25) is 0 Å².